The van der Waals surface area contributed by atoms with Crippen molar-refractivity contribution < 1.29 is 32.8 Å². The molecule has 7 rings (SSSR count). The number of rotatable bonds is 11. The van der Waals surface area contributed by atoms with Gasteiger partial charge in [-0.3, -0.25) is 4.55 Å². The van der Waals surface area contributed by atoms with Crippen molar-refractivity contribution in [2.24, 2.45) is 10.2 Å². The number of fused-ring (bicyclic) bond motifs is 1. The van der Waals surface area contributed by atoms with E-state index in [1.807, 2.05) is 6.07 Å². The highest BCUT2D eigenvalue weighted by Gasteiger charge is 2.24. The summed E-state index contributed by atoms with van der Waals surface area (Å²) in [7, 11) is -4.46. The van der Waals surface area contributed by atoms with Crippen molar-refractivity contribution >= 4 is 78.1 Å². The molecule has 3 heterocycles. The number of benzene rings is 4. The largest absolute Gasteiger partial charge is 0.478 e. The zero-order valence-corrected chi connectivity index (χ0v) is 29.9. The summed E-state index contributed by atoms with van der Waals surface area (Å²) >= 11 is 1.15. The molecular weight excluding hydrogens is 747 g/mol. The van der Waals surface area contributed by atoms with Crippen molar-refractivity contribution in [2.75, 3.05) is 10.6 Å². The molecule has 4 aromatic carbocycles. The van der Waals surface area contributed by atoms with Crippen LogP contribution in [0, 0.1) is 18.3 Å². The Kier molecular flexibility index (Phi) is 9.56. The molecule has 16 nitrogen and oxygen atoms in total. The number of pyridine rings is 1. The van der Waals surface area contributed by atoms with Crippen LogP contribution in [0.2, 0.25) is 0 Å². The fraction of sp³-hybridized carbons (Fsp3) is 0.0270. The lowest BCUT2D eigenvalue weighted by molar-refractivity contribution is 0.0686. The van der Waals surface area contributed by atoms with E-state index in [0.29, 0.717) is 49.4 Å². The van der Waals surface area contributed by atoms with Gasteiger partial charge in [0, 0.05) is 16.9 Å². The number of azo groups is 1. The summed E-state index contributed by atoms with van der Waals surface area (Å²) in [5.74, 6) is -1.76. The second-order valence-corrected chi connectivity index (χ2v) is 14.2. The van der Waals surface area contributed by atoms with Gasteiger partial charge in [0.15, 0.2) is 11.6 Å². The standard InChI is InChI=1S/C37H25N9O7S2/c1-20-16-30(39-25-9-5-8-22(17-25)35(47)48)42-33(40-24-11-13-26(14-12-24)55(51,52)53)31(20)43-44-34-27(19-38)32(21-6-3-2-4-7-21)45-46(34)37-41-28-15-10-23(36(49)50)18-29(28)54-37/h2-18H,1H3,(H,47,48)(H,49,50)(H2,39,40,42)(H,51,52,53). The molecule has 0 fully saturated rings. The molecule has 272 valence electrons. The molecule has 0 atom stereocenters. The number of thiazole rings is 1. The lowest BCUT2D eigenvalue weighted by Crippen LogP contribution is -2.02. The summed E-state index contributed by atoms with van der Waals surface area (Å²) in [6.45, 7) is 1.73. The Labute approximate surface area is 315 Å². The van der Waals surface area contributed by atoms with Gasteiger partial charge >= 0.3 is 11.9 Å². The average molecular weight is 772 g/mol. The minimum absolute atomic E-state index is 0.0226. The Morgan fingerprint density at radius 1 is 0.836 bits per heavy atom. The van der Waals surface area contributed by atoms with Gasteiger partial charge in [0.25, 0.3) is 10.1 Å². The van der Waals surface area contributed by atoms with Gasteiger partial charge in [-0.05, 0) is 79.2 Å². The number of aryl methyl sites for hydroxylation is 1. The van der Waals surface area contributed by atoms with Crippen LogP contribution in [0.15, 0.2) is 118 Å². The maximum absolute atomic E-state index is 11.7. The van der Waals surface area contributed by atoms with Crippen LogP contribution in [0.3, 0.4) is 0 Å². The van der Waals surface area contributed by atoms with Crippen molar-refractivity contribution in [1.29, 1.82) is 5.26 Å². The SMILES string of the molecule is Cc1cc(Nc2cccc(C(=O)O)c2)nc(Nc2ccc(S(=O)(=O)O)cc2)c1N=Nc1c(C#N)c(-c2ccccc2)nn1-c1nc2ccc(C(=O)O)cc2s1. The predicted molar refractivity (Wildman–Crippen MR) is 203 cm³/mol. The van der Waals surface area contributed by atoms with Crippen LogP contribution in [0.1, 0.15) is 31.8 Å². The van der Waals surface area contributed by atoms with E-state index in [1.165, 1.54) is 53.2 Å². The third-order valence-electron chi connectivity index (χ3n) is 8.05. The van der Waals surface area contributed by atoms with Crippen LogP contribution in [-0.2, 0) is 10.1 Å². The molecule has 18 heteroatoms. The molecule has 0 spiro atoms. The maximum atomic E-state index is 11.7. The van der Waals surface area contributed by atoms with Gasteiger partial charge in [-0.15, -0.1) is 10.2 Å². The topological polar surface area (TPSA) is 245 Å². The lowest BCUT2D eigenvalue weighted by atomic mass is 10.1. The fourth-order valence-corrected chi connectivity index (χ4v) is 6.88. The third-order valence-corrected chi connectivity index (χ3v) is 9.91. The Morgan fingerprint density at radius 3 is 2.25 bits per heavy atom. The number of carbonyl (C=O) groups is 2. The Bertz CT molecular complexity index is 2830. The van der Waals surface area contributed by atoms with Crippen molar-refractivity contribution in [3.8, 4) is 22.5 Å². The van der Waals surface area contributed by atoms with Crippen molar-refractivity contribution in [3.05, 3.63) is 125 Å². The van der Waals surface area contributed by atoms with E-state index < -0.39 is 22.1 Å². The van der Waals surface area contributed by atoms with Crippen LogP contribution in [0.5, 0.6) is 0 Å². The molecule has 0 saturated carbocycles. The van der Waals surface area contributed by atoms with E-state index in [2.05, 4.69) is 36.9 Å². The second-order valence-electron chi connectivity index (χ2n) is 11.8. The highest BCUT2D eigenvalue weighted by Crippen LogP contribution is 2.39. The summed E-state index contributed by atoms with van der Waals surface area (Å²) in [4.78, 5) is 32.2. The number of anilines is 4. The third kappa shape index (κ3) is 7.60. The molecular formula is C37H25N9O7S2. The minimum atomic E-state index is -4.46. The molecule has 0 aliphatic heterocycles. The summed E-state index contributed by atoms with van der Waals surface area (Å²) in [6, 6.07) is 28.7. The minimum Gasteiger partial charge on any atom is -0.478 e. The Hall–Kier alpha value is -7.33. The smallest absolute Gasteiger partial charge is 0.335 e. The van der Waals surface area contributed by atoms with Gasteiger partial charge in [-0.25, -0.2) is 19.6 Å². The van der Waals surface area contributed by atoms with E-state index in [-0.39, 0.29) is 38.9 Å². The number of nitrogens with one attached hydrogen (secondary N) is 2. The van der Waals surface area contributed by atoms with Crippen molar-refractivity contribution in [2.45, 2.75) is 11.8 Å². The molecule has 0 aliphatic rings. The monoisotopic (exact) mass is 771 g/mol. The summed E-state index contributed by atoms with van der Waals surface area (Å²) < 4.78 is 34.7. The van der Waals surface area contributed by atoms with Crippen molar-refractivity contribution in [1.82, 2.24) is 19.7 Å². The molecule has 0 bridgehead atoms. The van der Waals surface area contributed by atoms with Crippen LogP contribution < -0.4 is 10.6 Å². The van der Waals surface area contributed by atoms with Crippen molar-refractivity contribution in [3.63, 3.8) is 0 Å². The second kappa shape index (κ2) is 14.6. The van der Waals surface area contributed by atoms with E-state index in [1.54, 1.807) is 55.5 Å². The fourth-order valence-electron chi connectivity index (χ4n) is 5.44. The van der Waals surface area contributed by atoms with E-state index in [4.69, 9.17) is 5.10 Å². The number of carboxylic acids is 2. The number of hydrogen-bond acceptors (Lipinski definition) is 13. The first-order chi connectivity index (χ1) is 26.4. The first kappa shape index (κ1) is 36.0. The van der Waals surface area contributed by atoms with Gasteiger partial charge in [0.2, 0.25) is 5.13 Å². The first-order valence-corrected chi connectivity index (χ1v) is 18.2. The highest BCUT2D eigenvalue weighted by molar-refractivity contribution is 7.85. The molecule has 0 unspecified atom stereocenters. The van der Waals surface area contributed by atoms with Gasteiger partial charge in [0.1, 0.15) is 28.8 Å². The molecule has 7 aromatic rings. The van der Waals surface area contributed by atoms with Crippen LogP contribution in [0.4, 0.5) is 34.5 Å². The van der Waals surface area contributed by atoms with E-state index >= 15 is 0 Å². The Balaban J connectivity index is 1.36. The number of carboxylic acid groups (broad SMARTS) is 2. The first-order valence-electron chi connectivity index (χ1n) is 16.0. The summed E-state index contributed by atoms with van der Waals surface area (Å²) in [5.41, 5.74) is 3.19. The van der Waals surface area contributed by atoms with Crippen LogP contribution in [0.25, 0.3) is 26.6 Å². The van der Waals surface area contributed by atoms with E-state index in [9.17, 15) is 38.0 Å². The number of aromatic nitrogens is 4. The molecule has 0 amide bonds. The van der Waals surface area contributed by atoms with Gasteiger partial charge < -0.3 is 20.8 Å². The van der Waals surface area contributed by atoms with Gasteiger partial charge in [-0.1, -0.05) is 47.7 Å². The summed E-state index contributed by atoms with van der Waals surface area (Å²) in [6.07, 6.45) is 0. The molecule has 5 N–H and O–H groups in total. The number of nitrogens with zero attached hydrogens (tertiary/aromatic N) is 7. The number of nitriles is 1. The van der Waals surface area contributed by atoms with Gasteiger partial charge in [-0.2, -0.15) is 23.5 Å². The molecule has 0 radical (unpaired) electrons. The maximum Gasteiger partial charge on any atom is 0.335 e. The quantitative estimate of drug-likeness (QED) is 0.0614. The van der Waals surface area contributed by atoms with E-state index in [0.717, 1.165) is 11.3 Å². The zero-order chi connectivity index (χ0) is 38.9. The lowest BCUT2D eigenvalue weighted by Gasteiger charge is -2.14. The average Bonchev–Trinajstić information content (AvgIpc) is 3.76. The summed E-state index contributed by atoms with van der Waals surface area (Å²) in [5, 5.41) is 49.7. The van der Waals surface area contributed by atoms with Crippen LogP contribution in [-0.4, -0.2) is 54.9 Å². The van der Waals surface area contributed by atoms with Crippen LogP contribution >= 0.6 is 11.3 Å². The Morgan fingerprint density at radius 2 is 1.56 bits per heavy atom. The number of aromatic carboxylic acids is 2. The zero-order valence-electron chi connectivity index (χ0n) is 28.2. The predicted octanol–water partition coefficient (Wildman–Crippen LogP) is 8.27. The molecule has 55 heavy (non-hydrogen) atoms. The molecule has 0 aliphatic carbocycles. The molecule has 3 aromatic heterocycles. The number of hydrogen-bond donors (Lipinski definition) is 5. The highest BCUT2D eigenvalue weighted by atomic mass is 32.2. The van der Waals surface area contributed by atoms with Gasteiger partial charge in [0.05, 0.1) is 26.2 Å². The normalized spacial score (nSPS) is 11.4. The molecule has 0 saturated heterocycles.